The van der Waals surface area contributed by atoms with Gasteiger partial charge in [0.05, 0.1) is 11.6 Å². The second-order valence-electron chi connectivity index (χ2n) is 7.57. The number of nitriles is 1. The number of amides is 1. The lowest BCUT2D eigenvalue weighted by Gasteiger charge is -2.20. The highest BCUT2D eigenvalue weighted by Gasteiger charge is 2.29. The van der Waals surface area contributed by atoms with E-state index in [1.165, 1.54) is 12.1 Å². The number of nitrogens with one attached hydrogen (secondary N) is 1. The Morgan fingerprint density at radius 2 is 1.69 bits per heavy atom. The van der Waals surface area contributed by atoms with E-state index in [1.807, 2.05) is 48.5 Å². The zero-order valence-corrected chi connectivity index (χ0v) is 17.0. The standard InChI is InChI=1S/C25H21FN2O4/c26-22-11-15(12-27)9-10-20(22)24(30)23(29)13-28-25(31)32-14-21-18-7-3-1-5-16(18)17-6-2-4-8-19(17)21/h1-11,21,23-24,29-30H,13-14H2,(H,28,31). The molecule has 162 valence electrons. The number of nitrogens with zero attached hydrogens (tertiary/aromatic N) is 1. The van der Waals surface area contributed by atoms with Gasteiger partial charge in [0.15, 0.2) is 0 Å². The highest BCUT2D eigenvalue weighted by Crippen LogP contribution is 2.44. The van der Waals surface area contributed by atoms with Crippen molar-refractivity contribution in [1.29, 1.82) is 5.26 Å². The van der Waals surface area contributed by atoms with Crippen LogP contribution in [-0.2, 0) is 4.74 Å². The molecule has 0 radical (unpaired) electrons. The molecule has 3 aromatic rings. The molecule has 0 bridgehead atoms. The highest BCUT2D eigenvalue weighted by molar-refractivity contribution is 5.79. The zero-order valence-electron chi connectivity index (χ0n) is 17.0. The van der Waals surface area contributed by atoms with Crippen molar-refractivity contribution in [2.75, 3.05) is 13.2 Å². The predicted molar refractivity (Wildman–Crippen MR) is 115 cm³/mol. The molecule has 0 saturated carbocycles. The summed E-state index contributed by atoms with van der Waals surface area (Å²) in [6.45, 7) is -0.222. The quantitative estimate of drug-likeness (QED) is 0.552. The smallest absolute Gasteiger partial charge is 0.407 e. The van der Waals surface area contributed by atoms with Crippen LogP contribution < -0.4 is 5.32 Å². The molecule has 0 saturated heterocycles. The summed E-state index contributed by atoms with van der Waals surface area (Å²) in [6, 6.07) is 21.2. The number of rotatable bonds is 6. The van der Waals surface area contributed by atoms with E-state index >= 15 is 0 Å². The summed E-state index contributed by atoms with van der Waals surface area (Å²) in [5.41, 5.74) is 4.32. The molecule has 0 aliphatic heterocycles. The number of carbonyl (C=O) groups is 1. The Bertz CT molecular complexity index is 1150. The third-order valence-corrected chi connectivity index (χ3v) is 5.61. The maximum Gasteiger partial charge on any atom is 0.407 e. The van der Waals surface area contributed by atoms with Crippen LogP contribution in [0.1, 0.15) is 34.3 Å². The first-order chi connectivity index (χ1) is 15.5. The lowest BCUT2D eigenvalue weighted by Crippen LogP contribution is -2.36. The van der Waals surface area contributed by atoms with Crippen LogP contribution in [0.3, 0.4) is 0 Å². The van der Waals surface area contributed by atoms with Crippen LogP contribution in [0, 0.1) is 17.1 Å². The van der Waals surface area contributed by atoms with E-state index in [4.69, 9.17) is 10.00 Å². The SMILES string of the molecule is N#Cc1ccc(C(O)C(O)CNC(=O)OCC2c3ccccc3-c3ccccc32)c(F)c1. The lowest BCUT2D eigenvalue weighted by atomic mass is 9.98. The number of alkyl carbamates (subject to hydrolysis) is 1. The van der Waals surface area contributed by atoms with E-state index in [-0.39, 0.29) is 30.2 Å². The lowest BCUT2D eigenvalue weighted by molar-refractivity contribution is 0.0165. The topological polar surface area (TPSA) is 103 Å². The number of fused-ring (bicyclic) bond motifs is 3. The Labute approximate surface area is 184 Å². The molecule has 0 heterocycles. The molecule has 1 aliphatic carbocycles. The van der Waals surface area contributed by atoms with Crippen molar-refractivity contribution in [3.63, 3.8) is 0 Å². The Balaban J connectivity index is 1.34. The van der Waals surface area contributed by atoms with Gasteiger partial charge in [0.25, 0.3) is 0 Å². The van der Waals surface area contributed by atoms with E-state index in [1.54, 1.807) is 6.07 Å². The number of ether oxygens (including phenoxy) is 1. The van der Waals surface area contributed by atoms with Gasteiger partial charge in [-0.3, -0.25) is 0 Å². The summed E-state index contributed by atoms with van der Waals surface area (Å²) >= 11 is 0. The first kappa shape index (κ1) is 21.5. The molecule has 32 heavy (non-hydrogen) atoms. The van der Waals surface area contributed by atoms with Gasteiger partial charge >= 0.3 is 6.09 Å². The normalized spacial score (nSPS) is 14.1. The zero-order chi connectivity index (χ0) is 22.7. The van der Waals surface area contributed by atoms with Gasteiger partial charge in [-0.15, -0.1) is 0 Å². The molecule has 0 spiro atoms. The average Bonchev–Trinajstić information content (AvgIpc) is 3.14. The van der Waals surface area contributed by atoms with Crippen molar-refractivity contribution >= 4 is 6.09 Å². The van der Waals surface area contributed by atoms with Crippen LogP contribution in [0.25, 0.3) is 11.1 Å². The summed E-state index contributed by atoms with van der Waals surface area (Å²) in [6.07, 6.45) is -3.78. The monoisotopic (exact) mass is 432 g/mol. The van der Waals surface area contributed by atoms with Crippen LogP contribution in [0.5, 0.6) is 0 Å². The van der Waals surface area contributed by atoms with E-state index in [9.17, 15) is 19.4 Å². The molecule has 6 nitrogen and oxygen atoms in total. The summed E-state index contributed by atoms with van der Waals surface area (Å²) in [7, 11) is 0. The van der Waals surface area contributed by atoms with E-state index in [2.05, 4.69) is 5.32 Å². The maximum absolute atomic E-state index is 14.0. The Morgan fingerprint density at radius 1 is 1.06 bits per heavy atom. The number of hydrogen-bond donors (Lipinski definition) is 3. The van der Waals surface area contributed by atoms with Crippen LogP contribution in [0.15, 0.2) is 66.7 Å². The Kier molecular flexibility index (Phi) is 6.17. The fraction of sp³-hybridized carbons (Fsp3) is 0.200. The summed E-state index contributed by atoms with van der Waals surface area (Å²) in [5.74, 6) is -0.909. The third-order valence-electron chi connectivity index (χ3n) is 5.61. The van der Waals surface area contributed by atoms with Gasteiger partial charge < -0.3 is 20.3 Å². The fourth-order valence-electron chi connectivity index (χ4n) is 3.99. The molecule has 4 rings (SSSR count). The van der Waals surface area contributed by atoms with Gasteiger partial charge in [-0.25, -0.2) is 9.18 Å². The van der Waals surface area contributed by atoms with Gasteiger partial charge in [-0.05, 0) is 34.4 Å². The van der Waals surface area contributed by atoms with Crippen LogP contribution >= 0.6 is 0 Å². The Morgan fingerprint density at radius 3 is 2.28 bits per heavy atom. The van der Waals surface area contributed by atoms with Crippen LogP contribution in [-0.4, -0.2) is 35.6 Å². The number of hydrogen-bond acceptors (Lipinski definition) is 5. The Hall–Kier alpha value is -3.73. The number of halogens is 1. The second-order valence-corrected chi connectivity index (χ2v) is 7.57. The number of benzene rings is 3. The van der Waals surface area contributed by atoms with Crippen molar-refractivity contribution in [2.24, 2.45) is 0 Å². The number of aliphatic hydroxyl groups is 2. The average molecular weight is 432 g/mol. The summed E-state index contributed by atoms with van der Waals surface area (Å²) in [4.78, 5) is 12.2. The van der Waals surface area contributed by atoms with Gasteiger partial charge in [0, 0.05) is 18.0 Å². The molecular formula is C25H21FN2O4. The summed E-state index contributed by atoms with van der Waals surface area (Å²) < 4.78 is 19.4. The second kappa shape index (κ2) is 9.18. The molecule has 3 N–H and O–H groups in total. The largest absolute Gasteiger partial charge is 0.449 e. The van der Waals surface area contributed by atoms with Crippen molar-refractivity contribution in [3.8, 4) is 17.2 Å². The van der Waals surface area contributed by atoms with Crippen molar-refractivity contribution in [3.05, 3.63) is 94.8 Å². The molecule has 3 aromatic carbocycles. The van der Waals surface area contributed by atoms with Crippen molar-refractivity contribution in [2.45, 2.75) is 18.1 Å². The molecule has 2 atom stereocenters. The molecular weight excluding hydrogens is 411 g/mol. The number of aliphatic hydroxyl groups excluding tert-OH is 2. The maximum atomic E-state index is 14.0. The minimum atomic E-state index is -1.57. The van der Waals surface area contributed by atoms with E-state index < -0.39 is 24.1 Å². The van der Waals surface area contributed by atoms with Crippen molar-refractivity contribution in [1.82, 2.24) is 5.32 Å². The fourth-order valence-corrected chi connectivity index (χ4v) is 3.99. The summed E-state index contributed by atoms with van der Waals surface area (Å²) in [5, 5.41) is 31.6. The molecule has 1 aliphatic rings. The van der Waals surface area contributed by atoms with Gasteiger partial charge in [0.2, 0.25) is 0 Å². The minimum Gasteiger partial charge on any atom is -0.449 e. The van der Waals surface area contributed by atoms with E-state index in [0.29, 0.717) is 0 Å². The first-order valence-electron chi connectivity index (χ1n) is 10.1. The molecule has 0 fully saturated rings. The van der Waals surface area contributed by atoms with Crippen molar-refractivity contribution < 1.29 is 24.1 Å². The molecule has 0 aromatic heterocycles. The molecule has 1 amide bonds. The van der Waals surface area contributed by atoms with E-state index in [0.717, 1.165) is 28.3 Å². The third kappa shape index (κ3) is 4.19. The molecule has 7 heteroatoms. The van der Waals surface area contributed by atoms with Crippen LogP contribution in [0.4, 0.5) is 9.18 Å². The van der Waals surface area contributed by atoms with Gasteiger partial charge in [-0.1, -0.05) is 54.6 Å². The predicted octanol–water partition coefficient (Wildman–Crippen LogP) is 3.63. The van der Waals surface area contributed by atoms with Gasteiger partial charge in [0.1, 0.15) is 24.6 Å². The van der Waals surface area contributed by atoms with Crippen LogP contribution in [0.2, 0.25) is 0 Å². The molecule has 2 unspecified atom stereocenters. The first-order valence-corrected chi connectivity index (χ1v) is 10.1. The minimum absolute atomic E-state index is 0.101. The highest BCUT2D eigenvalue weighted by atomic mass is 19.1. The van der Waals surface area contributed by atoms with Gasteiger partial charge in [-0.2, -0.15) is 5.26 Å². The number of carbonyl (C=O) groups excluding carboxylic acids is 1.